The first-order valence-electron chi connectivity index (χ1n) is 3.18. The zero-order valence-corrected chi connectivity index (χ0v) is 6.76. The van der Waals surface area contributed by atoms with Crippen molar-refractivity contribution in [2.45, 2.75) is 0 Å². The molecule has 0 N–H and O–H groups in total. The predicted octanol–water partition coefficient (Wildman–Crippen LogP) is 0.800. The van der Waals surface area contributed by atoms with E-state index in [2.05, 4.69) is 9.05 Å². The molecule has 0 amide bonds. The molecule has 0 aromatic carbocycles. The Morgan fingerprint density at radius 3 is 2.77 bits per heavy atom. The van der Waals surface area contributed by atoms with Crippen molar-refractivity contribution >= 4 is 7.82 Å². The van der Waals surface area contributed by atoms with Gasteiger partial charge in [-0.2, -0.15) is 4.57 Å². The molecule has 2 aliphatic heterocycles. The van der Waals surface area contributed by atoms with E-state index in [-0.39, 0.29) is 17.4 Å². The van der Waals surface area contributed by atoms with Crippen molar-refractivity contribution in [3.8, 4) is 17.4 Å². The van der Waals surface area contributed by atoms with Crippen molar-refractivity contribution in [1.82, 2.24) is 4.68 Å². The van der Waals surface area contributed by atoms with Crippen molar-refractivity contribution < 1.29 is 23.2 Å². The number of hydrogen-bond donors (Lipinski definition) is 0. The van der Waals surface area contributed by atoms with Crippen molar-refractivity contribution in [2.75, 3.05) is 0 Å². The summed E-state index contributed by atoms with van der Waals surface area (Å²) in [6, 6.07) is 0. The summed E-state index contributed by atoms with van der Waals surface area (Å²) in [6.07, 6.45) is 1.05. The highest BCUT2D eigenvalue weighted by atomic mass is 31.2. The van der Waals surface area contributed by atoms with E-state index in [1.807, 2.05) is 0 Å². The van der Waals surface area contributed by atoms with Gasteiger partial charge < -0.3 is 13.6 Å². The molecular formula is C4HN2O6P. The molecule has 1 aromatic rings. The van der Waals surface area contributed by atoms with Gasteiger partial charge >= 0.3 is 13.7 Å². The highest BCUT2D eigenvalue weighted by Gasteiger charge is 2.55. The van der Waals surface area contributed by atoms with Crippen LogP contribution in [0.25, 0.3) is 0 Å². The monoisotopic (exact) mass is 204 g/mol. The topological polar surface area (TPSA) is 92.8 Å². The van der Waals surface area contributed by atoms with Gasteiger partial charge in [0.1, 0.15) is 6.20 Å². The maximum Gasteiger partial charge on any atom is 0.649 e. The van der Waals surface area contributed by atoms with Gasteiger partial charge in [0.05, 0.1) is 0 Å². The summed E-state index contributed by atoms with van der Waals surface area (Å²) in [7, 11) is -3.59. The van der Waals surface area contributed by atoms with Gasteiger partial charge in [-0.1, -0.05) is 0 Å². The molecule has 3 heterocycles. The molecule has 0 saturated carbocycles. The molecule has 2 bridgehead atoms. The first-order chi connectivity index (χ1) is 6.09. The molecule has 13 heavy (non-hydrogen) atoms. The fourth-order valence-electron chi connectivity index (χ4n) is 1.19. The van der Waals surface area contributed by atoms with Crippen LogP contribution < -0.4 is 13.6 Å². The van der Waals surface area contributed by atoms with E-state index in [0.29, 0.717) is 4.68 Å². The molecule has 68 valence electrons. The Hall–Kier alpha value is -1.69. The summed E-state index contributed by atoms with van der Waals surface area (Å²) in [5.74, 6) is -0.0455. The van der Waals surface area contributed by atoms with Gasteiger partial charge in [-0.05, 0) is 4.68 Å². The fraction of sp³-hybridized carbons (Fsp3) is 0. The summed E-state index contributed by atoms with van der Waals surface area (Å²) >= 11 is 0. The Labute approximate surface area is 70.4 Å². The molecular weight excluding hydrogens is 203 g/mol. The Balaban J connectivity index is 2.30. The summed E-state index contributed by atoms with van der Waals surface area (Å²) in [4.78, 5) is 10.4. The third-order valence-electron chi connectivity index (χ3n) is 1.65. The first kappa shape index (κ1) is 6.79. The first-order valence-corrected chi connectivity index (χ1v) is 4.64. The van der Waals surface area contributed by atoms with Gasteiger partial charge in [-0.25, -0.2) is 10.1 Å². The number of nitrogens with zero attached hydrogens (tertiary/aromatic N) is 2. The molecule has 9 heteroatoms. The Bertz CT molecular complexity index is 471. The second-order valence-electron chi connectivity index (χ2n) is 2.43. The molecule has 1 atom stereocenters. The van der Waals surface area contributed by atoms with Crippen LogP contribution in [0.3, 0.4) is 0 Å². The van der Waals surface area contributed by atoms with Crippen molar-refractivity contribution in [2.24, 2.45) is 0 Å². The highest BCUT2D eigenvalue weighted by molar-refractivity contribution is 7.50. The van der Waals surface area contributed by atoms with Gasteiger partial charge in [0, 0.05) is 0 Å². The van der Waals surface area contributed by atoms with Gasteiger partial charge in [0.2, 0.25) is 11.5 Å². The molecule has 0 fully saturated rings. The van der Waals surface area contributed by atoms with E-state index in [9.17, 15) is 14.7 Å². The Kier molecular flexibility index (Phi) is 0.859. The zero-order chi connectivity index (χ0) is 9.22. The van der Waals surface area contributed by atoms with E-state index in [0.717, 1.165) is 6.20 Å². The molecule has 0 saturated heterocycles. The molecule has 1 aromatic heterocycles. The summed E-state index contributed by atoms with van der Waals surface area (Å²) in [6.45, 7) is 0. The van der Waals surface area contributed by atoms with E-state index in [4.69, 9.17) is 4.52 Å². The second-order valence-corrected chi connectivity index (χ2v) is 3.87. The van der Waals surface area contributed by atoms with Crippen molar-refractivity contribution in [3.63, 3.8) is 0 Å². The standard InChI is InChI=1S/C4HN2O6P/c7-6(8)5-1-2-3-4(5)12-13(9,10-2)11-3/h1H. The summed E-state index contributed by atoms with van der Waals surface area (Å²) in [5, 5.41) is 9.66. The Morgan fingerprint density at radius 1 is 1.46 bits per heavy atom. The average Bonchev–Trinajstić information content (AvgIpc) is 2.52. The number of hydrogen-bond acceptors (Lipinski definition) is 6. The highest BCUT2D eigenvalue weighted by Crippen LogP contribution is 2.69. The van der Waals surface area contributed by atoms with Gasteiger partial charge in [-0.15, -0.1) is 0 Å². The van der Waals surface area contributed by atoms with E-state index in [1.54, 1.807) is 0 Å². The molecule has 2 aliphatic rings. The lowest BCUT2D eigenvalue weighted by Crippen LogP contribution is -2.06. The molecule has 3 rings (SSSR count). The number of rotatable bonds is 1. The van der Waals surface area contributed by atoms with Crippen LogP contribution in [0.4, 0.5) is 0 Å². The van der Waals surface area contributed by atoms with Crippen LogP contribution >= 0.6 is 7.82 Å². The molecule has 1 unspecified atom stereocenters. The SMILES string of the molecule is O=[N+]([O-])n1cc2c3c1OP(=O)(O2)O3. The van der Waals surface area contributed by atoms with Crippen LogP contribution in [-0.4, -0.2) is 9.71 Å². The van der Waals surface area contributed by atoms with Crippen LogP contribution in [0.5, 0.6) is 17.4 Å². The zero-order valence-electron chi connectivity index (χ0n) is 5.87. The summed E-state index contributed by atoms with van der Waals surface area (Å²) < 4.78 is 25.8. The lowest BCUT2D eigenvalue weighted by Gasteiger charge is -2.01. The molecule has 0 spiro atoms. The molecule has 0 aliphatic carbocycles. The van der Waals surface area contributed by atoms with Crippen LogP contribution in [0.2, 0.25) is 0 Å². The van der Waals surface area contributed by atoms with E-state index < -0.39 is 12.9 Å². The Morgan fingerprint density at radius 2 is 2.23 bits per heavy atom. The van der Waals surface area contributed by atoms with Crippen LogP contribution in [0, 0.1) is 10.1 Å². The fourth-order valence-corrected chi connectivity index (χ4v) is 2.44. The van der Waals surface area contributed by atoms with Gasteiger partial charge in [0.25, 0.3) is 0 Å². The van der Waals surface area contributed by atoms with Gasteiger partial charge in [0.15, 0.2) is 5.03 Å². The van der Waals surface area contributed by atoms with Crippen molar-refractivity contribution in [1.29, 1.82) is 0 Å². The maximum atomic E-state index is 11.3. The smallest absolute Gasteiger partial charge is 0.380 e. The molecule has 8 nitrogen and oxygen atoms in total. The van der Waals surface area contributed by atoms with Gasteiger partial charge in [-0.3, -0.25) is 0 Å². The predicted molar refractivity (Wildman–Crippen MR) is 36.3 cm³/mol. The number of phosphoric ester groups is 1. The van der Waals surface area contributed by atoms with Crippen LogP contribution in [0.15, 0.2) is 6.20 Å². The minimum Gasteiger partial charge on any atom is -0.380 e. The van der Waals surface area contributed by atoms with Crippen LogP contribution in [-0.2, 0) is 4.57 Å². The minimum absolute atomic E-state index is 0.0417. The van der Waals surface area contributed by atoms with E-state index in [1.165, 1.54) is 0 Å². The second kappa shape index (κ2) is 1.64. The normalized spacial score (nSPS) is 26.5. The number of phosphoric acid groups is 1. The number of aromatic nitrogens is 1. The van der Waals surface area contributed by atoms with Crippen molar-refractivity contribution in [3.05, 3.63) is 16.3 Å². The van der Waals surface area contributed by atoms with Crippen LogP contribution in [0.1, 0.15) is 0 Å². The van der Waals surface area contributed by atoms with E-state index >= 15 is 0 Å². The lowest BCUT2D eigenvalue weighted by atomic mass is 10.5. The number of nitro groups is 1. The minimum atomic E-state index is -3.59. The maximum absolute atomic E-state index is 11.3. The largest absolute Gasteiger partial charge is 0.649 e. The lowest BCUT2D eigenvalue weighted by molar-refractivity contribution is -0.542. The third kappa shape index (κ3) is 0.642. The number of fused-ring (bicyclic) bond motifs is 1. The quantitative estimate of drug-likeness (QED) is 0.381. The summed E-state index contributed by atoms with van der Waals surface area (Å²) in [5.41, 5.74) is 0. The average molecular weight is 204 g/mol. The third-order valence-corrected chi connectivity index (χ3v) is 2.88. The molecule has 0 radical (unpaired) electrons.